The molecule has 138 valence electrons. The summed E-state index contributed by atoms with van der Waals surface area (Å²) < 4.78 is 13.5. The van der Waals surface area contributed by atoms with Crippen LogP contribution in [0.15, 0.2) is 36.5 Å². The molecule has 2 N–H and O–H groups in total. The average Bonchev–Trinajstić information content (AvgIpc) is 3.06. The van der Waals surface area contributed by atoms with Gasteiger partial charge in [-0.3, -0.25) is 14.4 Å². The number of pyridine rings is 1. The highest BCUT2D eigenvalue weighted by atomic mass is 35.5. The highest BCUT2D eigenvalue weighted by Gasteiger charge is 2.35. The lowest BCUT2D eigenvalue weighted by atomic mass is 9.98. The van der Waals surface area contributed by atoms with Crippen LogP contribution in [-0.2, 0) is 16.1 Å². The molecule has 2 amide bonds. The van der Waals surface area contributed by atoms with Crippen molar-refractivity contribution in [3.8, 4) is 0 Å². The van der Waals surface area contributed by atoms with Crippen LogP contribution in [0.2, 0.25) is 5.15 Å². The van der Waals surface area contributed by atoms with Crippen molar-refractivity contribution >= 4 is 40.0 Å². The SMILES string of the molecule is CON1C(=O)[C@@H](NC(=O)c2cc3cc(Cl)ncc3[nH]2)Cc2ccc(F)cc21. The van der Waals surface area contributed by atoms with Gasteiger partial charge >= 0.3 is 0 Å². The molecule has 0 aliphatic carbocycles. The van der Waals surface area contributed by atoms with E-state index in [1.54, 1.807) is 18.2 Å². The first-order valence-corrected chi connectivity index (χ1v) is 8.45. The fourth-order valence-corrected chi connectivity index (χ4v) is 3.30. The number of hydrogen-bond donors (Lipinski definition) is 2. The number of aromatic nitrogens is 2. The molecule has 0 fully saturated rings. The molecule has 0 saturated carbocycles. The van der Waals surface area contributed by atoms with E-state index in [9.17, 15) is 14.0 Å². The molecule has 1 atom stereocenters. The van der Waals surface area contributed by atoms with Gasteiger partial charge in [-0.15, -0.1) is 0 Å². The molecule has 1 aliphatic heterocycles. The van der Waals surface area contributed by atoms with Crippen LogP contribution < -0.4 is 10.4 Å². The minimum absolute atomic E-state index is 0.230. The van der Waals surface area contributed by atoms with Gasteiger partial charge in [0.15, 0.2) is 0 Å². The minimum atomic E-state index is -0.844. The zero-order valence-corrected chi connectivity index (χ0v) is 14.9. The van der Waals surface area contributed by atoms with E-state index in [0.29, 0.717) is 21.9 Å². The zero-order valence-electron chi connectivity index (χ0n) is 14.1. The number of nitrogens with zero attached hydrogens (tertiary/aromatic N) is 2. The van der Waals surface area contributed by atoms with Crippen LogP contribution in [0.4, 0.5) is 10.1 Å². The summed E-state index contributed by atoms with van der Waals surface area (Å²) in [5, 5.41) is 4.73. The quantitative estimate of drug-likeness (QED) is 0.675. The summed E-state index contributed by atoms with van der Waals surface area (Å²) >= 11 is 5.86. The molecule has 0 bridgehead atoms. The van der Waals surface area contributed by atoms with Crippen molar-refractivity contribution in [2.45, 2.75) is 12.5 Å². The topological polar surface area (TPSA) is 87.3 Å². The summed E-state index contributed by atoms with van der Waals surface area (Å²) in [6, 6.07) is 6.51. The predicted octanol–water partition coefficient (Wildman–Crippen LogP) is 2.60. The summed E-state index contributed by atoms with van der Waals surface area (Å²) in [6.07, 6.45) is 1.76. The van der Waals surface area contributed by atoms with E-state index >= 15 is 0 Å². The van der Waals surface area contributed by atoms with E-state index in [1.807, 2.05) is 0 Å². The van der Waals surface area contributed by atoms with Crippen LogP contribution in [0.1, 0.15) is 16.1 Å². The number of benzene rings is 1. The van der Waals surface area contributed by atoms with Crippen LogP contribution in [0.3, 0.4) is 0 Å². The summed E-state index contributed by atoms with van der Waals surface area (Å²) in [4.78, 5) is 37.2. The first kappa shape index (κ1) is 17.4. The maximum Gasteiger partial charge on any atom is 0.273 e. The van der Waals surface area contributed by atoms with Crippen LogP contribution in [0, 0.1) is 5.82 Å². The maximum absolute atomic E-state index is 13.5. The Balaban J connectivity index is 1.60. The summed E-state index contributed by atoms with van der Waals surface area (Å²) in [7, 11) is 1.31. The molecule has 3 heterocycles. The molecule has 4 rings (SSSR count). The first-order chi connectivity index (χ1) is 13.0. The number of nitrogens with one attached hydrogen (secondary N) is 2. The summed E-state index contributed by atoms with van der Waals surface area (Å²) in [5.74, 6) is -1.41. The van der Waals surface area contributed by atoms with Gasteiger partial charge in [-0.1, -0.05) is 17.7 Å². The van der Waals surface area contributed by atoms with Crippen molar-refractivity contribution in [3.63, 3.8) is 0 Å². The molecule has 2 aromatic heterocycles. The third-order valence-electron chi connectivity index (χ3n) is 4.39. The third-order valence-corrected chi connectivity index (χ3v) is 4.60. The number of aromatic amines is 1. The Morgan fingerprint density at radius 3 is 3.00 bits per heavy atom. The Bertz CT molecular complexity index is 1070. The molecule has 0 radical (unpaired) electrons. The summed E-state index contributed by atoms with van der Waals surface area (Å²) in [5.41, 5.74) is 1.95. The van der Waals surface area contributed by atoms with Crippen molar-refractivity contribution < 1.29 is 18.8 Å². The lowest BCUT2D eigenvalue weighted by Crippen LogP contribution is -2.52. The molecule has 0 saturated heterocycles. The fourth-order valence-electron chi connectivity index (χ4n) is 3.13. The highest BCUT2D eigenvalue weighted by Crippen LogP contribution is 2.29. The van der Waals surface area contributed by atoms with Gasteiger partial charge in [-0.25, -0.2) is 9.37 Å². The molecular weight excluding hydrogens is 375 g/mol. The fraction of sp³-hybridized carbons (Fsp3) is 0.167. The van der Waals surface area contributed by atoms with Crippen LogP contribution in [-0.4, -0.2) is 34.9 Å². The number of anilines is 1. The van der Waals surface area contributed by atoms with Gasteiger partial charge in [0.2, 0.25) is 0 Å². The van der Waals surface area contributed by atoms with Gasteiger partial charge in [0.25, 0.3) is 11.8 Å². The number of hydroxylamine groups is 1. The Kier molecular flexibility index (Phi) is 4.29. The van der Waals surface area contributed by atoms with E-state index in [-0.39, 0.29) is 12.1 Å². The van der Waals surface area contributed by atoms with E-state index in [4.69, 9.17) is 16.4 Å². The van der Waals surface area contributed by atoms with Crippen molar-refractivity contribution in [2.75, 3.05) is 12.2 Å². The number of H-pyrrole nitrogens is 1. The van der Waals surface area contributed by atoms with Crippen LogP contribution in [0.25, 0.3) is 10.9 Å². The van der Waals surface area contributed by atoms with Gasteiger partial charge < -0.3 is 10.3 Å². The smallest absolute Gasteiger partial charge is 0.273 e. The molecule has 27 heavy (non-hydrogen) atoms. The Labute approximate surface area is 158 Å². The van der Waals surface area contributed by atoms with E-state index in [0.717, 1.165) is 10.4 Å². The van der Waals surface area contributed by atoms with Gasteiger partial charge in [-0.05, 0) is 23.8 Å². The highest BCUT2D eigenvalue weighted by molar-refractivity contribution is 6.30. The van der Waals surface area contributed by atoms with E-state index in [2.05, 4.69) is 15.3 Å². The second-order valence-electron chi connectivity index (χ2n) is 6.10. The van der Waals surface area contributed by atoms with Crippen molar-refractivity contribution in [1.29, 1.82) is 0 Å². The van der Waals surface area contributed by atoms with Gasteiger partial charge in [-0.2, -0.15) is 5.06 Å². The molecule has 1 aliphatic rings. The first-order valence-electron chi connectivity index (χ1n) is 8.08. The van der Waals surface area contributed by atoms with Gasteiger partial charge in [0.1, 0.15) is 22.7 Å². The summed E-state index contributed by atoms with van der Waals surface area (Å²) in [6.45, 7) is 0. The number of rotatable bonds is 3. The molecule has 7 nitrogen and oxygen atoms in total. The predicted molar refractivity (Wildman–Crippen MR) is 97.0 cm³/mol. The number of halogens is 2. The lowest BCUT2D eigenvalue weighted by Gasteiger charge is -2.32. The van der Waals surface area contributed by atoms with Crippen LogP contribution >= 0.6 is 11.6 Å². The number of fused-ring (bicyclic) bond motifs is 2. The molecule has 3 aromatic rings. The lowest BCUT2D eigenvalue weighted by molar-refractivity contribution is -0.127. The second kappa shape index (κ2) is 6.64. The molecule has 0 unspecified atom stereocenters. The monoisotopic (exact) mass is 388 g/mol. The Morgan fingerprint density at radius 2 is 2.22 bits per heavy atom. The Morgan fingerprint density at radius 1 is 1.41 bits per heavy atom. The van der Waals surface area contributed by atoms with E-state index < -0.39 is 23.7 Å². The molecular formula is C18H14ClFN4O3. The molecule has 9 heteroatoms. The number of amides is 2. The number of carbonyl (C=O) groups excluding carboxylic acids is 2. The number of carbonyl (C=O) groups is 2. The maximum atomic E-state index is 13.5. The van der Waals surface area contributed by atoms with Crippen LogP contribution in [0.5, 0.6) is 0 Å². The van der Waals surface area contributed by atoms with Crippen molar-refractivity contribution in [1.82, 2.24) is 15.3 Å². The van der Waals surface area contributed by atoms with Gasteiger partial charge in [0.05, 0.1) is 24.5 Å². The minimum Gasteiger partial charge on any atom is -0.349 e. The van der Waals surface area contributed by atoms with Crippen molar-refractivity contribution in [2.24, 2.45) is 0 Å². The normalized spacial score (nSPS) is 16.5. The van der Waals surface area contributed by atoms with E-state index in [1.165, 1.54) is 25.4 Å². The largest absolute Gasteiger partial charge is 0.349 e. The van der Waals surface area contributed by atoms with Crippen molar-refractivity contribution in [3.05, 3.63) is 58.8 Å². The standard InChI is InChI=1S/C18H14ClFN4O3/c1-27-24-15-7-11(20)3-2-9(15)4-13(18(24)26)23-17(25)12-5-10-6-16(19)21-8-14(10)22-12/h2-3,5-8,13,22H,4H2,1H3,(H,23,25)/t13-/m0/s1. The second-order valence-corrected chi connectivity index (χ2v) is 6.48. The molecule has 1 aromatic carbocycles. The average molecular weight is 389 g/mol. The molecule has 0 spiro atoms. The number of hydrogen-bond acceptors (Lipinski definition) is 4. The third kappa shape index (κ3) is 3.13. The zero-order chi connectivity index (χ0) is 19.1. The Hall–Kier alpha value is -2.97. The van der Waals surface area contributed by atoms with Gasteiger partial charge in [0, 0.05) is 17.9 Å².